The number of aliphatic hydroxyl groups is 1. The van der Waals surface area contributed by atoms with E-state index < -0.39 is 6.10 Å². The van der Waals surface area contributed by atoms with Crippen molar-refractivity contribution in [3.05, 3.63) is 18.3 Å². The summed E-state index contributed by atoms with van der Waals surface area (Å²) in [5, 5.41) is 13.0. The summed E-state index contributed by atoms with van der Waals surface area (Å²) in [6.45, 7) is 6.75. The first-order chi connectivity index (χ1) is 12.1. The molecular weight excluding hydrogens is 320 g/mol. The normalized spacial score (nSPS) is 16.3. The monoisotopic (exact) mass is 352 g/mol. The summed E-state index contributed by atoms with van der Waals surface area (Å²) in [4.78, 5) is 4.19. The van der Waals surface area contributed by atoms with Gasteiger partial charge in [-0.15, -0.1) is 0 Å². The van der Waals surface area contributed by atoms with E-state index in [0.717, 1.165) is 12.5 Å². The van der Waals surface area contributed by atoms with Crippen molar-refractivity contribution in [1.29, 1.82) is 0 Å². The Morgan fingerprint density at radius 1 is 1.20 bits per heavy atom. The number of ether oxygens (including phenoxy) is 3. The van der Waals surface area contributed by atoms with Gasteiger partial charge in [-0.3, -0.25) is 0 Å². The average Bonchev–Trinajstić information content (AvgIpc) is 3.12. The van der Waals surface area contributed by atoms with Crippen LogP contribution in [0.2, 0.25) is 0 Å². The highest BCUT2D eigenvalue weighted by Crippen LogP contribution is 2.24. The van der Waals surface area contributed by atoms with E-state index in [9.17, 15) is 5.11 Å². The molecule has 1 aromatic rings. The molecule has 2 rings (SSSR count). The zero-order chi connectivity index (χ0) is 17.9. The highest BCUT2D eigenvalue weighted by molar-refractivity contribution is 5.22. The molecular formula is C19H32N2O4. The third-order valence-corrected chi connectivity index (χ3v) is 4.22. The van der Waals surface area contributed by atoms with E-state index in [0.29, 0.717) is 37.4 Å². The lowest BCUT2D eigenvalue weighted by Crippen LogP contribution is -2.35. The molecule has 1 aromatic heterocycles. The fourth-order valence-electron chi connectivity index (χ4n) is 2.80. The van der Waals surface area contributed by atoms with Crippen molar-refractivity contribution in [1.82, 2.24) is 10.3 Å². The van der Waals surface area contributed by atoms with E-state index in [1.54, 1.807) is 12.3 Å². The molecule has 1 aliphatic carbocycles. The second kappa shape index (κ2) is 11.3. The summed E-state index contributed by atoms with van der Waals surface area (Å²) < 4.78 is 16.8. The van der Waals surface area contributed by atoms with Gasteiger partial charge in [0.15, 0.2) is 0 Å². The van der Waals surface area contributed by atoms with E-state index in [4.69, 9.17) is 14.2 Å². The van der Waals surface area contributed by atoms with Gasteiger partial charge < -0.3 is 24.6 Å². The van der Waals surface area contributed by atoms with E-state index >= 15 is 0 Å². The van der Waals surface area contributed by atoms with Crippen molar-refractivity contribution in [2.45, 2.75) is 51.7 Å². The minimum Gasteiger partial charge on any atom is -0.490 e. The number of aromatic nitrogens is 1. The fraction of sp³-hybridized carbons (Fsp3) is 0.737. The summed E-state index contributed by atoms with van der Waals surface area (Å²) >= 11 is 0. The van der Waals surface area contributed by atoms with E-state index in [1.807, 2.05) is 19.9 Å². The fourth-order valence-corrected chi connectivity index (χ4v) is 2.80. The van der Waals surface area contributed by atoms with Crippen LogP contribution >= 0.6 is 0 Å². The number of rotatable bonds is 12. The van der Waals surface area contributed by atoms with Crippen LogP contribution in [0.4, 0.5) is 0 Å². The van der Waals surface area contributed by atoms with E-state index in [-0.39, 0.29) is 6.61 Å². The van der Waals surface area contributed by atoms with Crippen LogP contribution in [0.15, 0.2) is 18.3 Å². The maximum Gasteiger partial charge on any atom is 0.213 e. The summed E-state index contributed by atoms with van der Waals surface area (Å²) in [5.41, 5.74) is 0. The lowest BCUT2D eigenvalue weighted by atomic mass is 10.1. The van der Waals surface area contributed by atoms with Crippen LogP contribution in [-0.2, 0) is 4.74 Å². The molecule has 0 saturated heterocycles. The molecule has 0 amide bonds. The van der Waals surface area contributed by atoms with Crippen LogP contribution in [0.1, 0.15) is 39.5 Å². The summed E-state index contributed by atoms with van der Waals surface area (Å²) in [7, 11) is 0. The standard InChI is InChI=1S/C19H32N2O4/c1-15(2)20-11-17(22)14-25-19-8-7-18(12-21-19)24-10-9-23-13-16-5-3-4-6-16/h7-8,12,15-17,20,22H,3-6,9-11,13-14H2,1-2H3. The molecule has 6 nitrogen and oxygen atoms in total. The van der Waals surface area contributed by atoms with Gasteiger partial charge in [0.2, 0.25) is 5.88 Å². The molecule has 0 spiro atoms. The molecule has 1 atom stereocenters. The van der Waals surface area contributed by atoms with Crippen molar-refractivity contribution in [2.75, 3.05) is 33.0 Å². The van der Waals surface area contributed by atoms with Gasteiger partial charge in [-0.1, -0.05) is 26.7 Å². The molecule has 1 heterocycles. The Kier molecular flexibility index (Phi) is 9.00. The lowest BCUT2D eigenvalue weighted by Gasteiger charge is -2.14. The SMILES string of the molecule is CC(C)NCC(O)COc1ccc(OCCOCC2CCCC2)cn1. The minimum absolute atomic E-state index is 0.210. The molecule has 0 aliphatic heterocycles. The Morgan fingerprint density at radius 2 is 2.00 bits per heavy atom. The number of hydrogen-bond acceptors (Lipinski definition) is 6. The highest BCUT2D eigenvalue weighted by atomic mass is 16.5. The zero-order valence-electron chi connectivity index (χ0n) is 15.4. The number of aliphatic hydroxyl groups excluding tert-OH is 1. The third kappa shape index (κ3) is 8.52. The number of nitrogens with one attached hydrogen (secondary N) is 1. The highest BCUT2D eigenvalue weighted by Gasteiger charge is 2.14. The molecule has 0 radical (unpaired) electrons. The van der Waals surface area contributed by atoms with E-state index in [1.165, 1.54) is 25.7 Å². The third-order valence-electron chi connectivity index (χ3n) is 4.22. The zero-order valence-corrected chi connectivity index (χ0v) is 15.4. The van der Waals surface area contributed by atoms with Crippen LogP contribution in [0.5, 0.6) is 11.6 Å². The first kappa shape index (κ1) is 19.9. The largest absolute Gasteiger partial charge is 0.490 e. The Morgan fingerprint density at radius 3 is 2.68 bits per heavy atom. The topological polar surface area (TPSA) is 72.8 Å². The van der Waals surface area contributed by atoms with Crippen LogP contribution in [-0.4, -0.2) is 55.2 Å². The molecule has 1 unspecified atom stereocenters. The van der Waals surface area contributed by atoms with Gasteiger partial charge in [-0.05, 0) is 24.8 Å². The van der Waals surface area contributed by atoms with Crippen molar-refractivity contribution in [3.8, 4) is 11.6 Å². The Bertz CT molecular complexity index is 461. The molecule has 1 fully saturated rings. The Labute approximate surface area is 150 Å². The van der Waals surface area contributed by atoms with Gasteiger partial charge in [0.1, 0.15) is 25.1 Å². The molecule has 6 heteroatoms. The van der Waals surface area contributed by atoms with Crippen molar-refractivity contribution in [2.24, 2.45) is 5.92 Å². The second-order valence-electron chi connectivity index (χ2n) is 6.93. The Balaban J connectivity index is 1.56. The summed E-state index contributed by atoms with van der Waals surface area (Å²) in [5.74, 6) is 1.91. The maximum absolute atomic E-state index is 9.81. The van der Waals surface area contributed by atoms with Gasteiger partial charge in [-0.2, -0.15) is 0 Å². The number of nitrogens with zero attached hydrogens (tertiary/aromatic N) is 1. The van der Waals surface area contributed by atoms with Crippen LogP contribution in [0, 0.1) is 5.92 Å². The van der Waals surface area contributed by atoms with Gasteiger partial charge >= 0.3 is 0 Å². The maximum atomic E-state index is 9.81. The van der Waals surface area contributed by atoms with Crippen LogP contribution < -0.4 is 14.8 Å². The number of pyridine rings is 1. The van der Waals surface area contributed by atoms with E-state index in [2.05, 4.69) is 10.3 Å². The molecule has 1 aliphatic rings. The molecule has 1 saturated carbocycles. The van der Waals surface area contributed by atoms with Gasteiger partial charge in [0.25, 0.3) is 0 Å². The minimum atomic E-state index is -0.558. The molecule has 142 valence electrons. The van der Waals surface area contributed by atoms with Crippen molar-refractivity contribution in [3.63, 3.8) is 0 Å². The van der Waals surface area contributed by atoms with Crippen LogP contribution in [0.25, 0.3) is 0 Å². The van der Waals surface area contributed by atoms with Crippen LogP contribution in [0.3, 0.4) is 0 Å². The molecule has 0 bridgehead atoms. The summed E-state index contributed by atoms with van der Waals surface area (Å²) in [6.07, 6.45) is 6.36. The Hall–Kier alpha value is -1.37. The summed E-state index contributed by atoms with van der Waals surface area (Å²) in [6, 6.07) is 3.90. The van der Waals surface area contributed by atoms with Crippen molar-refractivity contribution < 1.29 is 19.3 Å². The quantitative estimate of drug-likeness (QED) is 0.563. The van der Waals surface area contributed by atoms with Crippen molar-refractivity contribution >= 4 is 0 Å². The molecule has 0 aromatic carbocycles. The average molecular weight is 352 g/mol. The van der Waals surface area contributed by atoms with Gasteiger partial charge in [0.05, 0.1) is 12.8 Å². The predicted octanol–water partition coefficient (Wildman–Crippen LogP) is 2.40. The second-order valence-corrected chi connectivity index (χ2v) is 6.93. The number of hydrogen-bond donors (Lipinski definition) is 2. The first-order valence-electron chi connectivity index (χ1n) is 9.34. The predicted molar refractivity (Wildman–Crippen MR) is 97.1 cm³/mol. The molecule has 2 N–H and O–H groups in total. The first-order valence-corrected chi connectivity index (χ1v) is 9.34. The lowest BCUT2D eigenvalue weighted by molar-refractivity contribution is 0.0752. The smallest absolute Gasteiger partial charge is 0.213 e. The molecule has 25 heavy (non-hydrogen) atoms. The van der Waals surface area contributed by atoms with Gasteiger partial charge in [-0.25, -0.2) is 4.98 Å². The van der Waals surface area contributed by atoms with Gasteiger partial charge in [0, 0.05) is 25.3 Å².